The maximum atomic E-state index is 5.57. The smallest absolute Gasteiger partial charge is 0.118 e. The molecule has 0 saturated heterocycles. The molecule has 0 bridgehead atoms. The largest absolute Gasteiger partial charge is 0.497 e. The van der Waals surface area contributed by atoms with Gasteiger partial charge in [-0.15, -0.1) is 0 Å². The van der Waals surface area contributed by atoms with Crippen LogP contribution in [0.4, 0.5) is 0 Å². The Morgan fingerprint density at radius 1 is 0.231 bits per heavy atom. The second-order valence-electron chi connectivity index (χ2n) is 15.4. The summed E-state index contributed by atoms with van der Waals surface area (Å²) in [5, 5.41) is 12.8. The van der Waals surface area contributed by atoms with E-state index < -0.39 is 0 Å². The number of ether oxygens (including phenoxy) is 5. The molecular weight excluding hydrogens is 901 g/mol. The van der Waals surface area contributed by atoms with Crippen molar-refractivity contribution in [2.75, 3.05) is 35.5 Å². The summed E-state index contributed by atoms with van der Waals surface area (Å²) in [7, 11) is 8.56. The monoisotopic (exact) mass is 940 g/mol. The Bertz CT molecular complexity index is 2890. The molecule has 0 amide bonds. The van der Waals surface area contributed by atoms with E-state index >= 15 is 0 Å². The minimum absolute atomic E-state index is 0.838. The molecule has 0 saturated carbocycles. The molecule has 0 spiro atoms. The molecule has 0 unspecified atom stereocenters. The minimum atomic E-state index is 0.838. The molecule has 0 aliphatic rings. The lowest BCUT2D eigenvalue weighted by Gasteiger charge is -2.16. The molecule has 11 aromatic carbocycles. The van der Waals surface area contributed by atoms with E-state index in [9.17, 15) is 0 Å². The van der Waals surface area contributed by atoms with Gasteiger partial charge in [0.15, 0.2) is 0 Å². The first-order valence-electron chi connectivity index (χ1n) is 20.8. The third-order valence-electron chi connectivity index (χ3n) is 11.7. The van der Waals surface area contributed by atoms with E-state index in [1.807, 2.05) is 60.7 Å². The van der Waals surface area contributed by atoms with Gasteiger partial charge in [0.05, 0.1) is 35.5 Å². The zero-order valence-electron chi connectivity index (χ0n) is 36.0. The van der Waals surface area contributed by atoms with E-state index in [1.165, 1.54) is 78.3 Å². The predicted octanol–water partition coefficient (Wildman–Crippen LogP) is 16.6. The van der Waals surface area contributed by atoms with Gasteiger partial charge in [-0.3, -0.25) is 0 Å². The van der Waals surface area contributed by atoms with Crippen molar-refractivity contribution in [3.05, 3.63) is 152 Å². The molecule has 11 aromatic rings. The lowest BCUT2D eigenvalue weighted by molar-refractivity contribution is 0.414. The molecule has 65 heavy (non-hydrogen) atoms. The SMILES string of the molecule is COc1ccc(Sc2cc3c(Sc4ccc(OC)cc4)cc4c(Sc5ccc(OC)cc5)cc5c(Sc6ccc(OC)cc6)cc6c(Sc7ccc(OC)cc7)cc2c2c6c5c4c32)cc1. The highest BCUT2D eigenvalue weighted by molar-refractivity contribution is 8.01. The van der Waals surface area contributed by atoms with E-state index in [1.54, 1.807) is 94.4 Å². The van der Waals surface area contributed by atoms with E-state index in [2.05, 4.69) is 91.0 Å². The van der Waals surface area contributed by atoms with Gasteiger partial charge in [0, 0.05) is 49.0 Å². The zero-order valence-corrected chi connectivity index (χ0v) is 40.1. The third-order valence-corrected chi connectivity index (χ3v) is 17.1. The molecule has 10 heteroatoms. The summed E-state index contributed by atoms with van der Waals surface area (Å²) in [6, 6.07) is 54.2. The van der Waals surface area contributed by atoms with E-state index in [0.29, 0.717) is 0 Å². The van der Waals surface area contributed by atoms with E-state index in [0.717, 1.165) is 53.2 Å². The summed E-state index contributed by atoms with van der Waals surface area (Å²) in [5.74, 6) is 4.19. The van der Waals surface area contributed by atoms with Gasteiger partial charge >= 0.3 is 0 Å². The maximum absolute atomic E-state index is 5.57. The first-order chi connectivity index (χ1) is 31.9. The van der Waals surface area contributed by atoms with Crippen LogP contribution in [0.2, 0.25) is 0 Å². The average Bonchev–Trinajstić information content (AvgIpc) is 3.71. The highest BCUT2D eigenvalue weighted by atomic mass is 32.2. The van der Waals surface area contributed by atoms with Gasteiger partial charge in [-0.2, -0.15) is 0 Å². The Balaban J connectivity index is 1.24. The number of hydrogen-bond donors (Lipinski definition) is 0. The van der Waals surface area contributed by atoms with Crippen LogP contribution in [-0.4, -0.2) is 35.5 Å². The van der Waals surface area contributed by atoms with Gasteiger partial charge in [0.25, 0.3) is 0 Å². The normalized spacial score (nSPS) is 11.8. The summed E-state index contributed by atoms with van der Waals surface area (Å²) in [5.41, 5.74) is 0. The molecule has 0 atom stereocenters. The average molecular weight is 941 g/mol. The van der Waals surface area contributed by atoms with Crippen molar-refractivity contribution in [1.29, 1.82) is 0 Å². The summed E-state index contributed by atoms with van der Waals surface area (Å²) in [6.45, 7) is 0. The van der Waals surface area contributed by atoms with Crippen LogP contribution in [0.5, 0.6) is 28.7 Å². The topological polar surface area (TPSA) is 46.2 Å². The van der Waals surface area contributed by atoms with Crippen LogP contribution >= 0.6 is 58.8 Å². The number of hydrogen-bond acceptors (Lipinski definition) is 10. The van der Waals surface area contributed by atoms with Gasteiger partial charge in [-0.05, 0) is 206 Å². The summed E-state index contributed by atoms with van der Waals surface area (Å²) < 4.78 is 27.8. The molecule has 0 radical (unpaired) electrons. The number of rotatable bonds is 15. The summed E-state index contributed by atoms with van der Waals surface area (Å²) in [4.78, 5) is 11.8. The predicted molar refractivity (Wildman–Crippen MR) is 273 cm³/mol. The Hall–Kier alpha value is -5.75. The molecule has 11 rings (SSSR count). The molecule has 320 valence electrons. The Kier molecular flexibility index (Phi) is 11.3. The fourth-order valence-electron chi connectivity index (χ4n) is 8.62. The third kappa shape index (κ3) is 7.75. The maximum Gasteiger partial charge on any atom is 0.118 e. The standard InChI is InChI=1S/C55H40O5S5/c1-56-31-6-16-36(17-7-31)61-46-26-42-48(63-38-20-10-33(58-3)11-21-38)28-44-50(65-40-24-14-35(60-5)15-25-40)30-45-49(64-39-22-12-34(59-4)13-23-39)29-43-47(62-37-18-8-32(57-2)9-19-37)27-41(46)51-52(42)54(44)55(45)53(43)51/h6-30H,1-5H3. The summed E-state index contributed by atoms with van der Waals surface area (Å²) >= 11 is 9.03. The number of benzene rings is 10. The first-order valence-corrected chi connectivity index (χ1v) is 24.9. The molecule has 0 aliphatic carbocycles. The van der Waals surface area contributed by atoms with Gasteiger partial charge in [-0.25, -0.2) is 0 Å². The lowest BCUT2D eigenvalue weighted by Crippen LogP contribution is -1.88. The van der Waals surface area contributed by atoms with Crippen LogP contribution in [0.1, 0.15) is 0 Å². The van der Waals surface area contributed by atoms with Crippen LogP contribution in [0.25, 0.3) is 53.9 Å². The minimum Gasteiger partial charge on any atom is -0.497 e. The van der Waals surface area contributed by atoms with Gasteiger partial charge < -0.3 is 23.7 Å². The molecule has 0 aromatic heterocycles. The molecule has 0 aliphatic heterocycles. The van der Waals surface area contributed by atoms with Crippen LogP contribution in [0.15, 0.2) is 201 Å². The van der Waals surface area contributed by atoms with Gasteiger partial charge in [0.1, 0.15) is 28.7 Å². The van der Waals surface area contributed by atoms with Crippen LogP contribution in [0, 0.1) is 0 Å². The van der Waals surface area contributed by atoms with Crippen LogP contribution in [0.3, 0.4) is 0 Å². The summed E-state index contributed by atoms with van der Waals surface area (Å²) in [6.07, 6.45) is 0. The van der Waals surface area contributed by atoms with Crippen molar-refractivity contribution in [2.24, 2.45) is 0 Å². The molecule has 0 heterocycles. The van der Waals surface area contributed by atoms with E-state index in [4.69, 9.17) is 23.7 Å². The van der Waals surface area contributed by atoms with Crippen molar-refractivity contribution in [1.82, 2.24) is 0 Å². The quantitative estimate of drug-likeness (QED) is 0.0929. The van der Waals surface area contributed by atoms with Crippen molar-refractivity contribution >= 4 is 113 Å². The van der Waals surface area contributed by atoms with Gasteiger partial charge in [0.2, 0.25) is 0 Å². The van der Waals surface area contributed by atoms with Crippen molar-refractivity contribution < 1.29 is 23.7 Å². The Morgan fingerprint density at radius 3 is 0.523 bits per heavy atom. The zero-order chi connectivity index (χ0) is 44.2. The molecular formula is C55H40O5S5. The fraction of sp³-hybridized carbons (Fsp3) is 0.0909. The van der Waals surface area contributed by atoms with Crippen LogP contribution in [-0.2, 0) is 0 Å². The molecule has 5 nitrogen and oxygen atoms in total. The van der Waals surface area contributed by atoms with Crippen molar-refractivity contribution in [3.63, 3.8) is 0 Å². The number of methoxy groups -OCH3 is 5. The lowest BCUT2D eigenvalue weighted by atomic mass is 9.99. The van der Waals surface area contributed by atoms with E-state index in [-0.39, 0.29) is 0 Å². The first kappa shape index (κ1) is 41.9. The Labute approximate surface area is 398 Å². The van der Waals surface area contributed by atoms with Crippen molar-refractivity contribution in [3.8, 4) is 28.7 Å². The fourth-order valence-corrected chi connectivity index (χ4v) is 13.5. The molecule has 0 N–H and O–H groups in total. The second-order valence-corrected chi connectivity index (χ2v) is 21.0. The highest BCUT2D eigenvalue weighted by Crippen LogP contribution is 2.58. The Morgan fingerprint density at radius 2 is 0.385 bits per heavy atom. The molecule has 0 fully saturated rings. The second kappa shape index (κ2) is 17.6. The van der Waals surface area contributed by atoms with Crippen LogP contribution < -0.4 is 23.7 Å². The van der Waals surface area contributed by atoms with Gasteiger partial charge in [-0.1, -0.05) is 58.8 Å². The van der Waals surface area contributed by atoms with Crippen molar-refractivity contribution in [2.45, 2.75) is 49.0 Å². The highest BCUT2D eigenvalue weighted by Gasteiger charge is 2.29.